The summed E-state index contributed by atoms with van der Waals surface area (Å²) < 4.78 is 27.3. The van der Waals surface area contributed by atoms with Crippen LogP contribution < -0.4 is 5.32 Å². The van der Waals surface area contributed by atoms with Gasteiger partial charge in [0.25, 0.3) is 6.43 Å². The zero-order chi connectivity index (χ0) is 13.1. The van der Waals surface area contributed by atoms with E-state index in [1.807, 2.05) is 20.0 Å². The van der Waals surface area contributed by atoms with E-state index in [4.69, 9.17) is 0 Å². The van der Waals surface area contributed by atoms with E-state index >= 15 is 0 Å². The molecule has 0 aromatic carbocycles. The first-order valence-electron chi connectivity index (χ1n) is 5.58. The summed E-state index contributed by atoms with van der Waals surface area (Å²) in [7, 11) is 1.87. The van der Waals surface area contributed by atoms with Gasteiger partial charge in [0.05, 0.1) is 29.8 Å². The lowest BCUT2D eigenvalue weighted by Gasteiger charge is -2.03. The number of hydrogen-bond donors (Lipinski definition) is 1. The average Bonchev–Trinajstić information content (AvgIpc) is 2.82. The van der Waals surface area contributed by atoms with Crippen LogP contribution in [0, 0.1) is 6.92 Å². The van der Waals surface area contributed by atoms with Crippen molar-refractivity contribution in [2.75, 3.05) is 5.32 Å². The highest BCUT2D eigenvalue weighted by atomic mass is 35.5. The molecule has 5 nitrogen and oxygen atoms in total. The molecule has 0 unspecified atom stereocenters. The summed E-state index contributed by atoms with van der Waals surface area (Å²) in [5.74, 6) is 0. The fourth-order valence-electron chi connectivity index (χ4n) is 1.72. The van der Waals surface area contributed by atoms with Crippen molar-refractivity contribution in [3.63, 3.8) is 0 Å². The molecule has 0 aliphatic carbocycles. The van der Waals surface area contributed by atoms with Crippen LogP contribution in [0.2, 0.25) is 0 Å². The second-order valence-corrected chi connectivity index (χ2v) is 4.10. The van der Waals surface area contributed by atoms with Crippen molar-refractivity contribution >= 4 is 18.1 Å². The minimum Gasteiger partial charge on any atom is -0.377 e. The maximum atomic E-state index is 12.1. The first-order chi connectivity index (χ1) is 8.54. The molecule has 8 heteroatoms. The van der Waals surface area contributed by atoms with Gasteiger partial charge in [0.15, 0.2) is 0 Å². The lowest BCUT2D eigenvalue weighted by Crippen LogP contribution is -2.07. The molecule has 2 aromatic rings. The van der Waals surface area contributed by atoms with Crippen LogP contribution in [0.3, 0.4) is 0 Å². The van der Waals surface area contributed by atoms with Gasteiger partial charge in [-0.25, -0.2) is 8.78 Å². The van der Waals surface area contributed by atoms with Crippen molar-refractivity contribution in [3.8, 4) is 0 Å². The molecule has 0 aliphatic heterocycles. The lowest BCUT2D eigenvalue weighted by atomic mass is 10.3. The van der Waals surface area contributed by atoms with Crippen LogP contribution in [-0.2, 0) is 20.1 Å². The number of aromatic nitrogens is 4. The second-order valence-electron chi connectivity index (χ2n) is 4.10. The van der Waals surface area contributed by atoms with Gasteiger partial charge in [-0.15, -0.1) is 12.4 Å². The summed E-state index contributed by atoms with van der Waals surface area (Å²) in [6.07, 6.45) is 0.707. The van der Waals surface area contributed by atoms with Gasteiger partial charge in [-0.3, -0.25) is 9.36 Å². The lowest BCUT2D eigenvalue weighted by molar-refractivity contribution is 0.122. The van der Waals surface area contributed by atoms with Crippen LogP contribution >= 0.6 is 12.4 Å². The highest BCUT2D eigenvalue weighted by Crippen LogP contribution is 2.09. The van der Waals surface area contributed by atoms with Crippen molar-refractivity contribution in [3.05, 3.63) is 29.8 Å². The number of anilines is 1. The van der Waals surface area contributed by atoms with Gasteiger partial charge in [0, 0.05) is 13.2 Å². The molecule has 19 heavy (non-hydrogen) atoms. The van der Waals surface area contributed by atoms with Gasteiger partial charge >= 0.3 is 0 Å². The Kier molecular flexibility index (Phi) is 5.29. The maximum absolute atomic E-state index is 12.1. The molecule has 1 N–H and O–H groups in total. The largest absolute Gasteiger partial charge is 0.377 e. The number of rotatable bonds is 5. The summed E-state index contributed by atoms with van der Waals surface area (Å²) in [5.41, 5.74) is 2.69. The summed E-state index contributed by atoms with van der Waals surface area (Å²) in [6, 6.07) is 1.97. The predicted octanol–water partition coefficient (Wildman–Crippen LogP) is 2.22. The van der Waals surface area contributed by atoms with Gasteiger partial charge in [0.1, 0.15) is 6.54 Å². The van der Waals surface area contributed by atoms with E-state index < -0.39 is 6.43 Å². The number of alkyl halides is 2. The molecular formula is C11H16ClF2N5. The van der Waals surface area contributed by atoms with E-state index in [-0.39, 0.29) is 19.0 Å². The third-order valence-corrected chi connectivity index (χ3v) is 2.53. The van der Waals surface area contributed by atoms with Gasteiger partial charge in [0.2, 0.25) is 0 Å². The molecule has 2 rings (SSSR count). The Hall–Kier alpha value is -1.63. The molecule has 0 saturated carbocycles. The zero-order valence-electron chi connectivity index (χ0n) is 10.7. The van der Waals surface area contributed by atoms with Crippen LogP contribution in [0.5, 0.6) is 0 Å². The van der Waals surface area contributed by atoms with E-state index in [2.05, 4.69) is 15.5 Å². The van der Waals surface area contributed by atoms with Crippen molar-refractivity contribution in [2.45, 2.75) is 26.4 Å². The van der Waals surface area contributed by atoms with Crippen LogP contribution in [0.1, 0.15) is 11.4 Å². The average molecular weight is 292 g/mol. The van der Waals surface area contributed by atoms with Crippen LogP contribution in [0.25, 0.3) is 0 Å². The Bertz CT molecular complexity index is 523. The van der Waals surface area contributed by atoms with Gasteiger partial charge in [-0.2, -0.15) is 10.2 Å². The second kappa shape index (κ2) is 6.51. The van der Waals surface area contributed by atoms with Gasteiger partial charge < -0.3 is 5.32 Å². The van der Waals surface area contributed by atoms with Crippen molar-refractivity contribution in [2.24, 2.45) is 7.05 Å². The summed E-state index contributed by atoms with van der Waals surface area (Å²) in [6.45, 7) is 2.12. The first-order valence-corrected chi connectivity index (χ1v) is 5.58. The molecular weight excluding hydrogens is 276 g/mol. The van der Waals surface area contributed by atoms with Crippen molar-refractivity contribution < 1.29 is 8.78 Å². The zero-order valence-corrected chi connectivity index (χ0v) is 11.5. The van der Waals surface area contributed by atoms with E-state index in [0.717, 1.165) is 17.1 Å². The maximum Gasteiger partial charge on any atom is 0.257 e. The molecule has 2 heterocycles. The van der Waals surface area contributed by atoms with Crippen LogP contribution in [-0.4, -0.2) is 26.0 Å². The van der Waals surface area contributed by atoms with E-state index in [9.17, 15) is 8.78 Å². The monoisotopic (exact) mass is 291 g/mol. The first kappa shape index (κ1) is 15.4. The Morgan fingerprint density at radius 1 is 1.42 bits per heavy atom. The Labute approximate surface area is 116 Å². The third kappa shape index (κ3) is 4.20. The molecule has 2 aromatic heterocycles. The van der Waals surface area contributed by atoms with Gasteiger partial charge in [-0.05, 0) is 13.0 Å². The number of hydrogen-bond acceptors (Lipinski definition) is 3. The minimum atomic E-state index is -2.39. The third-order valence-electron chi connectivity index (χ3n) is 2.53. The number of nitrogens with one attached hydrogen (secondary N) is 1. The number of nitrogens with zero attached hydrogens (tertiary/aromatic N) is 4. The van der Waals surface area contributed by atoms with E-state index in [1.165, 1.54) is 10.9 Å². The smallest absolute Gasteiger partial charge is 0.257 e. The Balaban J connectivity index is 0.00000180. The molecule has 0 saturated heterocycles. The molecule has 0 fully saturated rings. The molecule has 0 aliphatic rings. The molecule has 0 spiro atoms. The normalized spacial score (nSPS) is 10.6. The van der Waals surface area contributed by atoms with E-state index in [1.54, 1.807) is 10.9 Å². The number of halogens is 3. The van der Waals surface area contributed by atoms with Gasteiger partial charge in [-0.1, -0.05) is 0 Å². The highest BCUT2D eigenvalue weighted by molar-refractivity contribution is 5.85. The summed E-state index contributed by atoms with van der Waals surface area (Å²) >= 11 is 0. The van der Waals surface area contributed by atoms with Crippen molar-refractivity contribution in [1.29, 1.82) is 0 Å². The fraction of sp³-hybridized carbons (Fsp3) is 0.455. The molecule has 0 radical (unpaired) electrons. The standard InChI is InChI=1S/C11H15F2N5.ClH/c1-8-3-10(17(2)16-8)5-14-9-4-15-18(6-9)7-11(12)13;/h3-4,6,11,14H,5,7H2,1-2H3;1H. The summed E-state index contributed by atoms with van der Waals surface area (Å²) in [4.78, 5) is 0. The van der Waals surface area contributed by atoms with Crippen LogP contribution in [0.4, 0.5) is 14.5 Å². The minimum absolute atomic E-state index is 0. The van der Waals surface area contributed by atoms with E-state index in [0.29, 0.717) is 6.54 Å². The van der Waals surface area contributed by atoms with Crippen LogP contribution in [0.15, 0.2) is 18.5 Å². The Morgan fingerprint density at radius 2 is 2.16 bits per heavy atom. The quantitative estimate of drug-likeness (QED) is 0.919. The number of aryl methyl sites for hydroxylation is 2. The molecule has 0 amide bonds. The predicted molar refractivity (Wildman–Crippen MR) is 70.8 cm³/mol. The topological polar surface area (TPSA) is 47.7 Å². The molecule has 106 valence electrons. The van der Waals surface area contributed by atoms with Crippen molar-refractivity contribution in [1.82, 2.24) is 19.6 Å². The Morgan fingerprint density at radius 3 is 2.74 bits per heavy atom. The fourth-order valence-corrected chi connectivity index (χ4v) is 1.72. The SMILES string of the molecule is Cc1cc(CNc2cnn(CC(F)F)c2)n(C)n1.Cl. The molecule has 0 bridgehead atoms. The summed E-state index contributed by atoms with van der Waals surface area (Å²) in [5, 5.41) is 11.2. The molecule has 0 atom stereocenters. The highest BCUT2D eigenvalue weighted by Gasteiger charge is 2.06.